The van der Waals surface area contributed by atoms with Crippen LogP contribution in [0.4, 0.5) is 0 Å². The van der Waals surface area contributed by atoms with Gasteiger partial charge in [0.25, 0.3) is 0 Å². The molecule has 1 fully saturated rings. The molecule has 1 aliphatic rings. The predicted molar refractivity (Wildman–Crippen MR) is 64.2 cm³/mol. The quantitative estimate of drug-likeness (QED) is 0.773. The maximum absolute atomic E-state index is 11.0. The zero-order valence-corrected chi connectivity index (χ0v) is 10.5. The number of carboxylic acids is 1. The lowest BCUT2D eigenvalue weighted by Crippen LogP contribution is -2.15. The van der Waals surface area contributed by atoms with Crippen molar-refractivity contribution >= 4 is 17.3 Å². The second kappa shape index (κ2) is 5.57. The lowest BCUT2D eigenvalue weighted by Gasteiger charge is -1.98. The molecule has 17 heavy (non-hydrogen) atoms. The van der Waals surface area contributed by atoms with E-state index in [1.165, 1.54) is 31.3 Å². The normalized spacial score (nSPS) is 15.1. The van der Waals surface area contributed by atoms with E-state index in [9.17, 15) is 4.79 Å². The van der Waals surface area contributed by atoms with Crippen LogP contribution in [0.5, 0.6) is 0 Å². The number of nitrogens with one attached hydrogen (secondary N) is 1. The summed E-state index contributed by atoms with van der Waals surface area (Å²) in [4.78, 5) is 15.6. The Labute approximate surface area is 104 Å². The van der Waals surface area contributed by atoms with Gasteiger partial charge < -0.3 is 15.2 Å². The first-order valence-corrected chi connectivity index (χ1v) is 6.44. The molecule has 1 heterocycles. The van der Waals surface area contributed by atoms with Gasteiger partial charge in [0, 0.05) is 13.7 Å². The van der Waals surface area contributed by atoms with Gasteiger partial charge in [-0.25, -0.2) is 9.78 Å². The van der Waals surface area contributed by atoms with Crippen molar-refractivity contribution in [1.82, 2.24) is 10.3 Å². The van der Waals surface area contributed by atoms with Crippen LogP contribution >= 0.6 is 11.3 Å². The van der Waals surface area contributed by atoms with E-state index in [1.807, 2.05) is 0 Å². The summed E-state index contributed by atoms with van der Waals surface area (Å²) >= 11 is 1.23. The minimum absolute atomic E-state index is 0.251. The maximum atomic E-state index is 11.0. The molecular weight excluding hydrogens is 240 g/mol. The number of carbonyl (C=O) groups is 1. The minimum atomic E-state index is -0.928. The van der Waals surface area contributed by atoms with Crippen LogP contribution in [0, 0.1) is 5.92 Å². The van der Waals surface area contributed by atoms with Crippen molar-refractivity contribution < 1.29 is 14.6 Å². The lowest BCUT2D eigenvalue weighted by atomic mass is 10.4. The van der Waals surface area contributed by atoms with Crippen molar-refractivity contribution in [3.05, 3.63) is 15.6 Å². The van der Waals surface area contributed by atoms with Crippen LogP contribution in [0.3, 0.4) is 0 Å². The van der Waals surface area contributed by atoms with Gasteiger partial charge in [-0.05, 0) is 25.3 Å². The highest BCUT2D eigenvalue weighted by atomic mass is 32.1. The molecule has 0 aliphatic heterocycles. The summed E-state index contributed by atoms with van der Waals surface area (Å²) in [5.74, 6) is -0.115. The Bertz CT molecular complexity index is 401. The second-order valence-corrected chi connectivity index (χ2v) is 5.28. The molecule has 0 radical (unpaired) electrons. The van der Waals surface area contributed by atoms with Gasteiger partial charge in [-0.1, -0.05) is 0 Å². The average molecular weight is 256 g/mol. The molecule has 0 bridgehead atoms. The monoisotopic (exact) mass is 256 g/mol. The summed E-state index contributed by atoms with van der Waals surface area (Å²) in [6.45, 7) is 1.90. The Morgan fingerprint density at radius 2 is 2.41 bits per heavy atom. The Morgan fingerprint density at radius 3 is 3.00 bits per heavy atom. The molecule has 1 saturated carbocycles. The molecule has 1 aliphatic carbocycles. The Balaban J connectivity index is 1.95. The van der Waals surface area contributed by atoms with E-state index in [2.05, 4.69) is 10.3 Å². The van der Waals surface area contributed by atoms with E-state index in [-0.39, 0.29) is 11.5 Å². The molecule has 5 nitrogen and oxygen atoms in total. The number of aromatic nitrogens is 1. The van der Waals surface area contributed by atoms with Crippen LogP contribution < -0.4 is 5.32 Å². The molecule has 6 heteroatoms. The molecular formula is C11H16N2O3S. The van der Waals surface area contributed by atoms with E-state index < -0.39 is 5.97 Å². The standard InChI is InChI=1S/C11H16N2O3S/c1-16-6-8-10(11(14)15)17-9(13-8)5-12-4-7-2-3-7/h7,12H,2-6H2,1H3,(H,14,15). The van der Waals surface area contributed by atoms with Crippen molar-refractivity contribution in [2.75, 3.05) is 13.7 Å². The third kappa shape index (κ3) is 3.49. The Hall–Kier alpha value is -0.980. The molecule has 0 spiro atoms. The highest BCUT2D eigenvalue weighted by molar-refractivity contribution is 7.13. The zero-order valence-electron chi connectivity index (χ0n) is 9.73. The molecule has 0 saturated heterocycles. The number of carboxylic acid groups (broad SMARTS) is 1. The maximum Gasteiger partial charge on any atom is 0.347 e. The lowest BCUT2D eigenvalue weighted by molar-refractivity contribution is 0.0697. The molecule has 1 aromatic rings. The van der Waals surface area contributed by atoms with E-state index >= 15 is 0 Å². The molecule has 2 N–H and O–H groups in total. The highest BCUT2D eigenvalue weighted by Crippen LogP contribution is 2.27. The number of rotatable bonds is 7. The fourth-order valence-electron chi connectivity index (χ4n) is 1.58. The van der Waals surface area contributed by atoms with Crippen LogP contribution in [-0.2, 0) is 17.9 Å². The first-order chi connectivity index (χ1) is 8.20. The van der Waals surface area contributed by atoms with Crippen molar-refractivity contribution in [2.24, 2.45) is 5.92 Å². The van der Waals surface area contributed by atoms with E-state index in [0.29, 0.717) is 12.2 Å². The highest BCUT2D eigenvalue weighted by Gasteiger charge is 2.21. The van der Waals surface area contributed by atoms with Crippen molar-refractivity contribution in [1.29, 1.82) is 0 Å². The molecule has 1 aromatic heterocycles. The first-order valence-electron chi connectivity index (χ1n) is 5.62. The number of nitrogens with zero attached hydrogens (tertiary/aromatic N) is 1. The number of hydrogen-bond donors (Lipinski definition) is 2. The minimum Gasteiger partial charge on any atom is -0.477 e. The first kappa shape index (κ1) is 12.5. The third-order valence-electron chi connectivity index (χ3n) is 2.62. The van der Waals surface area contributed by atoms with Gasteiger partial charge in [-0.15, -0.1) is 11.3 Å². The smallest absolute Gasteiger partial charge is 0.347 e. The second-order valence-electron chi connectivity index (χ2n) is 4.20. The fourth-order valence-corrected chi connectivity index (χ4v) is 2.46. The molecule has 2 rings (SSSR count). The average Bonchev–Trinajstić information content (AvgIpc) is 3.00. The summed E-state index contributed by atoms with van der Waals surface area (Å²) in [5, 5.41) is 13.1. The van der Waals surface area contributed by atoms with Gasteiger partial charge in [0.1, 0.15) is 9.88 Å². The summed E-state index contributed by atoms with van der Waals surface area (Å²) < 4.78 is 4.95. The van der Waals surface area contributed by atoms with E-state index in [4.69, 9.17) is 9.84 Å². The number of methoxy groups -OCH3 is 1. The number of thiazole rings is 1. The van der Waals surface area contributed by atoms with E-state index in [0.717, 1.165) is 17.5 Å². The van der Waals surface area contributed by atoms with Crippen LogP contribution in [0.1, 0.15) is 33.2 Å². The third-order valence-corrected chi connectivity index (χ3v) is 3.71. The molecule has 0 aromatic carbocycles. The van der Waals surface area contributed by atoms with Crippen LogP contribution in [0.15, 0.2) is 0 Å². The van der Waals surface area contributed by atoms with Gasteiger partial charge in [-0.3, -0.25) is 0 Å². The number of aromatic carboxylic acids is 1. The molecule has 94 valence electrons. The Morgan fingerprint density at radius 1 is 1.65 bits per heavy atom. The zero-order chi connectivity index (χ0) is 12.3. The van der Waals surface area contributed by atoms with Gasteiger partial charge in [0.2, 0.25) is 0 Å². The van der Waals surface area contributed by atoms with Crippen molar-refractivity contribution in [2.45, 2.75) is 26.0 Å². The van der Waals surface area contributed by atoms with Crippen LogP contribution in [0.2, 0.25) is 0 Å². The van der Waals surface area contributed by atoms with Gasteiger partial charge in [-0.2, -0.15) is 0 Å². The van der Waals surface area contributed by atoms with E-state index in [1.54, 1.807) is 0 Å². The Kier molecular flexibility index (Phi) is 4.09. The van der Waals surface area contributed by atoms with Crippen molar-refractivity contribution in [3.8, 4) is 0 Å². The van der Waals surface area contributed by atoms with Crippen molar-refractivity contribution in [3.63, 3.8) is 0 Å². The largest absolute Gasteiger partial charge is 0.477 e. The van der Waals surface area contributed by atoms with Gasteiger partial charge in [0.05, 0.1) is 12.3 Å². The summed E-state index contributed by atoms with van der Waals surface area (Å²) in [6, 6.07) is 0. The summed E-state index contributed by atoms with van der Waals surface area (Å²) in [7, 11) is 1.54. The molecule has 0 atom stereocenters. The molecule has 0 amide bonds. The SMILES string of the molecule is COCc1nc(CNCC2CC2)sc1C(=O)O. The predicted octanol–water partition coefficient (Wildman–Crippen LogP) is 1.49. The fraction of sp³-hybridized carbons (Fsp3) is 0.636. The van der Waals surface area contributed by atoms with Crippen LogP contribution in [0.25, 0.3) is 0 Å². The van der Waals surface area contributed by atoms with Gasteiger partial charge >= 0.3 is 5.97 Å². The number of hydrogen-bond acceptors (Lipinski definition) is 5. The number of ether oxygens (including phenoxy) is 1. The van der Waals surface area contributed by atoms with Gasteiger partial charge in [0.15, 0.2) is 0 Å². The summed E-state index contributed by atoms with van der Waals surface area (Å²) in [6.07, 6.45) is 2.61. The van der Waals surface area contributed by atoms with Crippen LogP contribution in [-0.4, -0.2) is 29.7 Å². The topological polar surface area (TPSA) is 71.5 Å². The summed E-state index contributed by atoms with van der Waals surface area (Å²) in [5.41, 5.74) is 0.522. The molecule has 0 unspecified atom stereocenters.